The molecule has 1 aromatic heterocycles. The molecule has 1 aromatic carbocycles. The number of benzene rings is 1. The number of aromatic nitrogens is 1. The highest BCUT2D eigenvalue weighted by atomic mass is 16.5. The summed E-state index contributed by atoms with van der Waals surface area (Å²) in [6.07, 6.45) is 10.8. The molecule has 2 N–H and O–H groups in total. The molecule has 40 heavy (non-hydrogen) atoms. The number of amides is 3. The molecular weight excluding hydrogens is 504 g/mol. The Bertz CT molecular complexity index is 1310. The first-order valence-corrected chi connectivity index (χ1v) is 14.6. The van der Waals surface area contributed by atoms with Crippen molar-refractivity contribution in [2.75, 3.05) is 5.32 Å². The average Bonchev–Trinajstić information content (AvgIpc) is 3.58. The number of likely N-dealkylation sites (tertiary alicyclic amines) is 1. The zero-order chi connectivity index (χ0) is 28.0. The Morgan fingerprint density at radius 3 is 2.60 bits per heavy atom. The summed E-state index contributed by atoms with van der Waals surface area (Å²) in [7, 11) is 0. The molecule has 2 saturated heterocycles. The van der Waals surface area contributed by atoms with Gasteiger partial charge in [0.15, 0.2) is 0 Å². The van der Waals surface area contributed by atoms with Crippen LogP contribution in [0.3, 0.4) is 0 Å². The third-order valence-electron chi connectivity index (χ3n) is 9.28. The zero-order valence-electron chi connectivity index (χ0n) is 23.4. The lowest BCUT2D eigenvalue weighted by Crippen LogP contribution is -2.57. The van der Waals surface area contributed by atoms with Crippen LogP contribution in [0.2, 0.25) is 0 Å². The monoisotopic (exact) mass is 542 g/mol. The summed E-state index contributed by atoms with van der Waals surface area (Å²) in [5.74, 6) is -1.48. The Kier molecular flexibility index (Phi) is 6.98. The van der Waals surface area contributed by atoms with Crippen LogP contribution in [0.25, 0.3) is 0 Å². The summed E-state index contributed by atoms with van der Waals surface area (Å²) < 4.78 is 6.48. The second kappa shape index (κ2) is 10.5. The van der Waals surface area contributed by atoms with Crippen molar-refractivity contribution in [3.05, 3.63) is 72.1 Å². The summed E-state index contributed by atoms with van der Waals surface area (Å²) in [4.78, 5) is 47.7. The van der Waals surface area contributed by atoms with Gasteiger partial charge in [-0.05, 0) is 54.0 Å². The van der Waals surface area contributed by atoms with Crippen LogP contribution in [0.4, 0.5) is 5.69 Å². The number of anilines is 1. The number of pyridine rings is 1. The lowest BCUT2D eigenvalue weighted by atomic mass is 9.74. The molecule has 1 aliphatic carbocycles. The minimum Gasteiger partial charge on any atom is -0.359 e. The van der Waals surface area contributed by atoms with Crippen LogP contribution in [0.5, 0.6) is 0 Å². The van der Waals surface area contributed by atoms with Crippen LogP contribution in [0.15, 0.2) is 60.9 Å². The number of carbonyl (C=O) groups excluding carboxylic acids is 3. The van der Waals surface area contributed by atoms with Crippen molar-refractivity contribution in [3.63, 3.8) is 0 Å². The highest BCUT2D eigenvalue weighted by Crippen LogP contribution is 2.55. The molecule has 3 fully saturated rings. The van der Waals surface area contributed by atoms with Gasteiger partial charge in [-0.3, -0.25) is 19.4 Å². The molecule has 3 aliphatic heterocycles. The van der Waals surface area contributed by atoms with Crippen molar-refractivity contribution in [3.8, 4) is 0 Å². The lowest BCUT2D eigenvalue weighted by molar-refractivity contribution is -0.142. The number of fused-ring (bicyclic) bond motifs is 1. The fourth-order valence-electron chi connectivity index (χ4n) is 7.10. The molecule has 1 saturated carbocycles. The molecule has 8 nitrogen and oxygen atoms in total. The summed E-state index contributed by atoms with van der Waals surface area (Å²) in [6.45, 7) is 6.63. The number of carbonyl (C=O) groups is 3. The fraction of sp³-hybridized carbons (Fsp3) is 0.500. The van der Waals surface area contributed by atoms with Gasteiger partial charge in [0.1, 0.15) is 11.6 Å². The molecule has 1 spiro atoms. The van der Waals surface area contributed by atoms with Gasteiger partial charge in [-0.1, -0.05) is 64.0 Å². The van der Waals surface area contributed by atoms with Crippen LogP contribution in [0.1, 0.15) is 63.5 Å². The molecular formula is C32H38N4O4. The topological polar surface area (TPSA) is 101 Å². The number of nitrogens with zero attached hydrogens (tertiary/aromatic N) is 2. The summed E-state index contributed by atoms with van der Waals surface area (Å²) in [5.41, 5.74) is 1.49. The quantitative estimate of drug-likeness (QED) is 0.511. The maximum Gasteiger partial charge on any atom is 0.246 e. The van der Waals surface area contributed by atoms with Crippen molar-refractivity contribution in [1.29, 1.82) is 0 Å². The van der Waals surface area contributed by atoms with Gasteiger partial charge in [-0.2, -0.15) is 0 Å². The molecule has 3 amide bonds. The zero-order valence-corrected chi connectivity index (χ0v) is 23.4. The van der Waals surface area contributed by atoms with Crippen molar-refractivity contribution in [2.45, 2.75) is 82.7 Å². The maximum atomic E-state index is 14.2. The van der Waals surface area contributed by atoms with Gasteiger partial charge in [0.2, 0.25) is 17.7 Å². The van der Waals surface area contributed by atoms with Gasteiger partial charge >= 0.3 is 0 Å². The van der Waals surface area contributed by atoms with E-state index in [1.165, 1.54) is 12.0 Å². The Balaban J connectivity index is 1.30. The molecule has 4 heterocycles. The first-order valence-electron chi connectivity index (χ1n) is 14.6. The number of ether oxygens (including phenoxy) is 1. The van der Waals surface area contributed by atoms with Crippen LogP contribution < -0.4 is 10.6 Å². The van der Waals surface area contributed by atoms with Crippen LogP contribution in [0, 0.1) is 17.8 Å². The highest BCUT2D eigenvalue weighted by Gasteiger charge is 2.72. The van der Waals surface area contributed by atoms with E-state index in [-0.39, 0.29) is 30.3 Å². The number of rotatable bonds is 7. The molecule has 7 atom stereocenters. The Hall–Kier alpha value is -3.52. The SMILES string of the molecule is CC(C)c1ccc(NC(=O)[C@@H]2[C@@H]3C=C[C@]4(O3)[C@@H]2C(=O)N(Cc2cccnc2)[C@H]4C(=O)N[C@H]2CCCC[C@@H]2C)cc1. The average molecular weight is 543 g/mol. The van der Waals surface area contributed by atoms with Crippen molar-refractivity contribution in [1.82, 2.24) is 15.2 Å². The smallest absolute Gasteiger partial charge is 0.246 e. The normalized spacial score (nSPS) is 32.4. The van der Waals surface area contributed by atoms with Crippen LogP contribution in [-0.2, 0) is 25.7 Å². The molecule has 2 aromatic rings. The fourth-order valence-corrected chi connectivity index (χ4v) is 7.10. The van der Waals surface area contributed by atoms with Gasteiger partial charge in [-0.25, -0.2) is 0 Å². The van der Waals surface area contributed by atoms with Crippen LogP contribution >= 0.6 is 0 Å². The van der Waals surface area contributed by atoms with Crippen molar-refractivity contribution >= 4 is 23.4 Å². The minimum absolute atomic E-state index is 0.0579. The van der Waals surface area contributed by atoms with E-state index >= 15 is 0 Å². The molecule has 6 rings (SSSR count). The van der Waals surface area contributed by atoms with E-state index < -0.39 is 29.6 Å². The summed E-state index contributed by atoms with van der Waals surface area (Å²) >= 11 is 0. The summed E-state index contributed by atoms with van der Waals surface area (Å²) in [5, 5.41) is 6.28. The van der Waals surface area contributed by atoms with Crippen molar-refractivity contribution < 1.29 is 19.1 Å². The largest absolute Gasteiger partial charge is 0.359 e. The van der Waals surface area contributed by atoms with Gasteiger partial charge in [0.05, 0.1) is 17.9 Å². The third-order valence-corrected chi connectivity index (χ3v) is 9.28. The van der Waals surface area contributed by atoms with E-state index in [1.807, 2.05) is 48.6 Å². The van der Waals surface area contributed by atoms with E-state index in [4.69, 9.17) is 4.74 Å². The molecule has 210 valence electrons. The standard InChI is InChI=1S/C32H38N4O4/c1-19(2)22-10-12-23(13-11-22)34-29(37)26-25-14-15-32(40-25)27(26)31(39)36(18-21-8-6-16-33-17-21)28(32)30(38)35-24-9-5-4-7-20(24)3/h6,8,10-17,19-20,24-28H,4-5,7,9,18H2,1-3H3,(H,34,37)(H,35,38)/t20-,24-,25-,26+,27-,28-,32-/m0/s1. The first-order chi connectivity index (χ1) is 19.3. The lowest BCUT2D eigenvalue weighted by Gasteiger charge is -2.36. The van der Waals surface area contributed by atoms with Crippen LogP contribution in [-0.4, -0.2) is 51.4 Å². The molecule has 0 unspecified atom stereocenters. The second-order valence-corrected chi connectivity index (χ2v) is 12.2. The summed E-state index contributed by atoms with van der Waals surface area (Å²) in [6, 6.07) is 10.7. The van der Waals surface area contributed by atoms with E-state index in [0.29, 0.717) is 17.5 Å². The number of nitrogens with one attached hydrogen (secondary N) is 2. The van der Waals surface area contributed by atoms with Gasteiger partial charge in [-0.15, -0.1) is 0 Å². The Labute approximate surface area is 235 Å². The maximum absolute atomic E-state index is 14.2. The molecule has 4 aliphatic rings. The van der Waals surface area contributed by atoms with Gasteiger partial charge in [0, 0.05) is 30.7 Å². The Morgan fingerprint density at radius 2 is 1.90 bits per heavy atom. The predicted molar refractivity (Wildman–Crippen MR) is 151 cm³/mol. The third kappa shape index (κ3) is 4.52. The highest BCUT2D eigenvalue weighted by molar-refractivity contribution is 6.02. The predicted octanol–water partition coefficient (Wildman–Crippen LogP) is 4.19. The molecule has 8 heteroatoms. The van der Waals surface area contributed by atoms with E-state index in [1.54, 1.807) is 17.3 Å². The van der Waals surface area contributed by atoms with E-state index in [0.717, 1.165) is 24.8 Å². The number of hydrogen-bond acceptors (Lipinski definition) is 5. The molecule has 2 bridgehead atoms. The Morgan fingerprint density at radius 1 is 1.12 bits per heavy atom. The van der Waals surface area contributed by atoms with E-state index in [2.05, 4.69) is 36.4 Å². The second-order valence-electron chi connectivity index (χ2n) is 12.2. The molecule has 0 radical (unpaired) electrons. The minimum atomic E-state index is -1.19. The van der Waals surface area contributed by atoms with Gasteiger partial charge in [0.25, 0.3) is 0 Å². The van der Waals surface area contributed by atoms with E-state index in [9.17, 15) is 14.4 Å². The first kappa shape index (κ1) is 26.7. The van der Waals surface area contributed by atoms with Gasteiger partial charge < -0.3 is 20.3 Å². The van der Waals surface area contributed by atoms with Crippen molar-refractivity contribution in [2.24, 2.45) is 17.8 Å². The number of hydrogen-bond donors (Lipinski definition) is 2.